The Kier molecular flexibility index (Phi) is 6.22. The number of nitrogens with zero attached hydrogens (tertiary/aromatic N) is 5. The molecule has 2 N–H and O–H groups in total. The van der Waals surface area contributed by atoms with Gasteiger partial charge in [0.25, 0.3) is 10.9 Å². The molecule has 0 bridgehead atoms. The fourth-order valence-corrected chi connectivity index (χ4v) is 4.93. The smallest absolute Gasteiger partial charge is 0.253 e. The number of aromatic nitrogens is 3. The number of pyridine rings is 1. The van der Waals surface area contributed by atoms with Crippen LogP contribution in [0.25, 0.3) is 22.2 Å². The highest BCUT2D eigenvalue weighted by molar-refractivity contribution is 5.94. The van der Waals surface area contributed by atoms with Crippen LogP contribution in [0.4, 0.5) is 22.9 Å². The van der Waals surface area contributed by atoms with Crippen LogP contribution in [0.15, 0.2) is 76.4 Å². The van der Waals surface area contributed by atoms with Crippen molar-refractivity contribution in [1.82, 2.24) is 24.6 Å². The van der Waals surface area contributed by atoms with Gasteiger partial charge in [0, 0.05) is 63.1 Å². The fraction of sp³-hybridized carbons (Fsp3) is 0.241. The van der Waals surface area contributed by atoms with Gasteiger partial charge in [0.2, 0.25) is 0 Å². The molecule has 0 saturated carbocycles. The first-order valence-corrected chi connectivity index (χ1v) is 12.7. The minimum absolute atomic E-state index is 0.215. The van der Waals surface area contributed by atoms with Gasteiger partial charge >= 0.3 is 0 Å². The third-order valence-electron chi connectivity index (χ3n) is 7.18. The van der Waals surface area contributed by atoms with Crippen LogP contribution in [0.5, 0.6) is 0 Å². The molecule has 9 heteroatoms. The van der Waals surface area contributed by atoms with Crippen molar-refractivity contribution in [2.24, 2.45) is 7.05 Å². The SMILES string of the molecule is CN1CCN(Cc2ccc(Nc3c(Nc4cc(-c5nccc6ccccc56)n(C)n4)c(=O)c3=O)cc2)CC1. The number of likely N-dealkylation sites (N-methyl/N-ethyl adjacent to an activating group) is 1. The molecule has 38 heavy (non-hydrogen) atoms. The van der Waals surface area contributed by atoms with Gasteiger partial charge in [0.1, 0.15) is 11.4 Å². The molecule has 3 aromatic carbocycles. The van der Waals surface area contributed by atoms with E-state index in [1.54, 1.807) is 10.9 Å². The van der Waals surface area contributed by atoms with Crippen LogP contribution >= 0.6 is 0 Å². The highest BCUT2D eigenvalue weighted by atomic mass is 16.2. The molecule has 6 rings (SSSR count). The van der Waals surface area contributed by atoms with Gasteiger partial charge in [-0.05, 0) is 36.2 Å². The largest absolute Gasteiger partial charge is 0.350 e. The molecule has 5 aromatic rings. The summed E-state index contributed by atoms with van der Waals surface area (Å²) < 4.78 is 1.72. The number of hydrogen-bond acceptors (Lipinski definition) is 8. The van der Waals surface area contributed by atoms with E-state index >= 15 is 0 Å². The van der Waals surface area contributed by atoms with Crippen molar-refractivity contribution in [2.75, 3.05) is 43.9 Å². The van der Waals surface area contributed by atoms with Gasteiger partial charge in [-0.25, -0.2) is 0 Å². The van der Waals surface area contributed by atoms with E-state index in [2.05, 4.69) is 49.7 Å². The molecule has 1 saturated heterocycles. The monoisotopic (exact) mass is 507 g/mol. The predicted octanol–water partition coefficient (Wildman–Crippen LogP) is 3.47. The summed E-state index contributed by atoms with van der Waals surface area (Å²) in [4.78, 5) is 34.2. The predicted molar refractivity (Wildman–Crippen MR) is 151 cm³/mol. The zero-order valence-electron chi connectivity index (χ0n) is 21.4. The molecule has 9 nitrogen and oxygen atoms in total. The van der Waals surface area contributed by atoms with Crippen molar-refractivity contribution in [1.29, 1.82) is 0 Å². The van der Waals surface area contributed by atoms with E-state index in [0.29, 0.717) is 5.82 Å². The number of benzene rings is 2. The molecule has 0 radical (unpaired) electrons. The molecule has 0 spiro atoms. The van der Waals surface area contributed by atoms with Crippen molar-refractivity contribution in [3.63, 3.8) is 0 Å². The Morgan fingerprint density at radius 2 is 1.55 bits per heavy atom. The summed E-state index contributed by atoms with van der Waals surface area (Å²) in [5, 5.41) is 12.8. The number of rotatable bonds is 7. The number of aryl methyl sites for hydroxylation is 1. The number of piperazine rings is 1. The van der Waals surface area contributed by atoms with Gasteiger partial charge in [-0.1, -0.05) is 36.4 Å². The van der Waals surface area contributed by atoms with Crippen LogP contribution in [-0.2, 0) is 13.6 Å². The van der Waals surface area contributed by atoms with Crippen molar-refractivity contribution in [2.45, 2.75) is 6.54 Å². The first-order valence-electron chi connectivity index (χ1n) is 12.7. The van der Waals surface area contributed by atoms with Gasteiger partial charge < -0.3 is 15.5 Å². The summed E-state index contributed by atoms with van der Waals surface area (Å²) >= 11 is 0. The summed E-state index contributed by atoms with van der Waals surface area (Å²) in [5.41, 5.74) is 2.93. The molecule has 0 unspecified atom stereocenters. The first kappa shape index (κ1) is 24.0. The van der Waals surface area contributed by atoms with Crippen LogP contribution in [0.2, 0.25) is 0 Å². The topological polar surface area (TPSA) is 95.4 Å². The Labute approximate surface area is 220 Å². The van der Waals surface area contributed by atoms with E-state index in [1.807, 2.05) is 55.6 Å². The van der Waals surface area contributed by atoms with E-state index in [9.17, 15) is 9.59 Å². The van der Waals surface area contributed by atoms with Crippen molar-refractivity contribution < 1.29 is 0 Å². The van der Waals surface area contributed by atoms with Gasteiger partial charge in [-0.15, -0.1) is 0 Å². The minimum Gasteiger partial charge on any atom is -0.350 e. The maximum atomic E-state index is 12.4. The summed E-state index contributed by atoms with van der Waals surface area (Å²) in [7, 11) is 3.98. The third kappa shape index (κ3) is 4.57. The maximum Gasteiger partial charge on any atom is 0.253 e. The molecule has 0 atom stereocenters. The van der Waals surface area contributed by atoms with Crippen molar-refractivity contribution >= 4 is 33.7 Å². The standard InChI is InChI=1S/C29H29N7O2/c1-34-13-15-36(16-14-34)18-19-7-9-21(10-8-19)31-26-27(29(38)28(26)37)32-24-17-23(35(2)33-24)25-22-6-4-3-5-20(22)11-12-30-25/h3-12,17,31H,13-16,18H2,1-2H3,(H,32,33). The van der Waals surface area contributed by atoms with E-state index < -0.39 is 10.9 Å². The van der Waals surface area contributed by atoms with Crippen LogP contribution in [0.3, 0.4) is 0 Å². The molecular weight excluding hydrogens is 478 g/mol. The molecular formula is C29H29N7O2. The van der Waals surface area contributed by atoms with Crippen LogP contribution in [-0.4, -0.2) is 57.8 Å². The molecule has 1 aliphatic rings. The number of anilines is 4. The summed E-state index contributed by atoms with van der Waals surface area (Å²) in [5.74, 6) is 0.468. The van der Waals surface area contributed by atoms with E-state index in [0.717, 1.165) is 60.6 Å². The Balaban J connectivity index is 1.18. The van der Waals surface area contributed by atoms with E-state index in [-0.39, 0.29) is 11.4 Å². The van der Waals surface area contributed by atoms with Crippen LogP contribution < -0.4 is 21.5 Å². The van der Waals surface area contributed by atoms with E-state index in [4.69, 9.17) is 0 Å². The van der Waals surface area contributed by atoms with Gasteiger partial charge in [0.05, 0.1) is 11.4 Å². The highest BCUT2D eigenvalue weighted by Crippen LogP contribution is 2.30. The van der Waals surface area contributed by atoms with Gasteiger partial charge in [-0.3, -0.25) is 24.2 Å². The van der Waals surface area contributed by atoms with E-state index in [1.165, 1.54) is 5.56 Å². The summed E-state index contributed by atoms with van der Waals surface area (Å²) in [6.45, 7) is 5.17. The quantitative estimate of drug-likeness (QED) is 0.324. The molecule has 0 amide bonds. The average Bonchev–Trinajstić information content (AvgIpc) is 3.32. The van der Waals surface area contributed by atoms with Gasteiger partial charge in [-0.2, -0.15) is 5.10 Å². The Morgan fingerprint density at radius 3 is 2.32 bits per heavy atom. The Bertz CT molecular complexity index is 1670. The number of hydrogen-bond donors (Lipinski definition) is 2. The first-order chi connectivity index (χ1) is 18.5. The second-order valence-electron chi connectivity index (χ2n) is 9.85. The average molecular weight is 508 g/mol. The summed E-state index contributed by atoms with van der Waals surface area (Å²) in [6.07, 6.45) is 1.77. The normalized spacial score (nSPS) is 14.8. The molecule has 2 aromatic heterocycles. The number of fused-ring (bicyclic) bond motifs is 1. The van der Waals surface area contributed by atoms with Crippen molar-refractivity contribution in [3.8, 4) is 11.4 Å². The zero-order chi connectivity index (χ0) is 26.2. The second kappa shape index (κ2) is 9.85. The number of nitrogens with one attached hydrogen (secondary N) is 2. The summed E-state index contributed by atoms with van der Waals surface area (Å²) in [6, 6.07) is 19.8. The lowest BCUT2D eigenvalue weighted by molar-refractivity contribution is 0.148. The Morgan fingerprint density at radius 1 is 0.842 bits per heavy atom. The second-order valence-corrected chi connectivity index (χ2v) is 9.85. The molecule has 1 aliphatic heterocycles. The third-order valence-corrected chi connectivity index (χ3v) is 7.18. The Hall–Kier alpha value is -4.34. The zero-order valence-corrected chi connectivity index (χ0v) is 21.4. The molecule has 3 heterocycles. The van der Waals surface area contributed by atoms with Crippen molar-refractivity contribution in [3.05, 3.63) is 92.9 Å². The van der Waals surface area contributed by atoms with Gasteiger partial charge in [0.15, 0.2) is 5.82 Å². The molecule has 192 valence electrons. The molecule has 1 fully saturated rings. The lowest BCUT2D eigenvalue weighted by atomic mass is 10.1. The lowest BCUT2D eigenvalue weighted by Gasteiger charge is -2.32. The molecule has 0 aliphatic carbocycles. The van der Waals surface area contributed by atoms with Crippen LogP contribution in [0, 0.1) is 0 Å². The van der Waals surface area contributed by atoms with Crippen LogP contribution in [0.1, 0.15) is 5.56 Å². The highest BCUT2D eigenvalue weighted by Gasteiger charge is 2.23. The fourth-order valence-electron chi connectivity index (χ4n) is 4.93. The lowest BCUT2D eigenvalue weighted by Crippen LogP contribution is -2.43. The maximum absolute atomic E-state index is 12.4. The minimum atomic E-state index is -0.560.